The second-order valence-corrected chi connectivity index (χ2v) is 8.01. The number of benzene rings is 2. The average Bonchev–Trinajstić information content (AvgIpc) is 3.08. The molecule has 8 nitrogen and oxygen atoms in total. The fourth-order valence-corrected chi connectivity index (χ4v) is 3.56. The van der Waals surface area contributed by atoms with E-state index in [1.807, 2.05) is 0 Å². The van der Waals surface area contributed by atoms with Crippen molar-refractivity contribution in [1.29, 1.82) is 0 Å². The molecule has 158 valence electrons. The van der Waals surface area contributed by atoms with E-state index in [4.69, 9.17) is 16.7 Å². The largest absolute Gasteiger partial charge is 0.435 e. The number of hydrogen-bond donors (Lipinski definition) is 2. The topological polar surface area (TPSA) is 116 Å². The van der Waals surface area contributed by atoms with E-state index in [-0.39, 0.29) is 39.0 Å². The van der Waals surface area contributed by atoms with Crippen molar-refractivity contribution in [3.05, 3.63) is 65.4 Å². The number of hydrogen-bond acceptors (Lipinski definition) is 5. The molecule has 0 aliphatic heterocycles. The fraction of sp³-hybridized carbons (Fsp3) is 0.111. The number of nitrogens with one attached hydrogen (secondary N) is 1. The number of carbonyl (C=O) groups excluding carboxylic acids is 1. The zero-order chi connectivity index (χ0) is 21.9. The van der Waals surface area contributed by atoms with Crippen LogP contribution in [-0.2, 0) is 21.2 Å². The lowest BCUT2D eigenvalue weighted by Crippen LogP contribution is -2.18. The number of alkyl halides is 2. The third kappa shape index (κ3) is 5.32. The van der Waals surface area contributed by atoms with Crippen molar-refractivity contribution in [2.75, 3.05) is 5.32 Å². The number of aromatic nitrogens is 2. The van der Waals surface area contributed by atoms with E-state index in [0.29, 0.717) is 0 Å². The Morgan fingerprint density at radius 2 is 2.00 bits per heavy atom. The van der Waals surface area contributed by atoms with Crippen molar-refractivity contribution >= 4 is 33.2 Å². The lowest BCUT2D eigenvalue weighted by Gasteiger charge is -2.13. The summed E-state index contributed by atoms with van der Waals surface area (Å²) >= 11 is 5.82. The standard InChI is InChI=1S/C18H15ClF2N4O4S/c19-12-9-23-25(10-12)14-6-5-13(8-16(14)30(22,27)28)24-17(26)7-11-3-1-2-4-15(11)29-18(20)21/h1-6,8-10,18H,7H2,(H,24,26)(H2,22,27,28). The lowest BCUT2D eigenvalue weighted by molar-refractivity contribution is -0.115. The van der Waals surface area contributed by atoms with Gasteiger partial charge in [-0.1, -0.05) is 29.8 Å². The van der Waals surface area contributed by atoms with Crippen molar-refractivity contribution in [2.24, 2.45) is 5.14 Å². The minimum Gasteiger partial charge on any atom is -0.435 e. The van der Waals surface area contributed by atoms with E-state index < -0.39 is 22.5 Å². The van der Waals surface area contributed by atoms with Gasteiger partial charge in [0.15, 0.2) is 0 Å². The predicted molar refractivity (Wildman–Crippen MR) is 105 cm³/mol. The van der Waals surface area contributed by atoms with Gasteiger partial charge in [-0.3, -0.25) is 4.79 Å². The Bertz CT molecular complexity index is 1180. The molecule has 0 spiro atoms. The lowest BCUT2D eigenvalue weighted by atomic mass is 10.1. The van der Waals surface area contributed by atoms with Gasteiger partial charge in [0.25, 0.3) is 0 Å². The molecule has 30 heavy (non-hydrogen) atoms. The number of sulfonamides is 1. The van der Waals surface area contributed by atoms with E-state index in [1.54, 1.807) is 6.07 Å². The molecule has 1 heterocycles. The number of carbonyl (C=O) groups is 1. The highest BCUT2D eigenvalue weighted by Gasteiger charge is 2.18. The Labute approximate surface area is 175 Å². The first-order valence-electron chi connectivity index (χ1n) is 8.33. The first-order valence-corrected chi connectivity index (χ1v) is 10.3. The number of primary sulfonamides is 1. The minimum absolute atomic E-state index is 0.126. The van der Waals surface area contributed by atoms with Gasteiger partial charge >= 0.3 is 6.61 Å². The Kier molecular flexibility index (Phi) is 6.34. The highest BCUT2D eigenvalue weighted by molar-refractivity contribution is 7.89. The Hall–Kier alpha value is -3.02. The summed E-state index contributed by atoms with van der Waals surface area (Å²) < 4.78 is 54.7. The van der Waals surface area contributed by atoms with Crippen molar-refractivity contribution < 1.29 is 26.7 Å². The van der Waals surface area contributed by atoms with Crippen LogP contribution in [0.3, 0.4) is 0 Å². The van der Waals surface area contributed by atoms with Gasteiger partial charge < -0.3 is 10.1 Å². The normalized spacial score (nSPS) is 11.5. The molecule has 3 aromatic rings. The van der Waals surface area contributed by atoms with Crippen molar-refractivity contribution in [3.8, 4) is 11.4 Å². The summed E-state index contributed by atoms with van der Waals surface area (Å²) in [6.45, 7) is -3.03. The number of amides is 1. The van der Waals surface area contributed by atoms with Crippen LogP contribution in [0.25, 0.3) is 5.69 Å². The summed E-state index contributed by atoms with van der Waals surface area (Å²) in [5, 5.41) is 12.0. The molecule has 1 aromatic heterocycles. The molecule has 1 amide bonds. The van der Waals surface area contributed by atoms with Gasteiger partial charge in [-0.15, -0.1) is 0 Å². The maximum Gasteiger partial charge on any atom is 0.387 e. The van der Waals surface area contributed by atoms with Crippen LogP contribution in [-0.4, -0.2) is 30.7 Å². The van der Waals surface area contributed by atoms with E-state index in [0.717, 1.165) is 0 Å². The van der Waals surface area contributed by atoms with Gasteiger partial charge in [0.05, 0.1) is 23.3 Å². The molecule has 0 atom stereocenters. The summed E-state index contributed by atoms with van der Waals surface area (Å²) in [5.41, 5.74) is 0.515. The summed E-state index contributed by atoms with van der Waals surface area (Å²) in [7, 11) is -4.17. The predicted octanol–water partition coefficient (Wildman–Crippen LogP) is 2.96. The van der Waals surface area contributed by atoms with Crippen LogP contribution < -0.4 is 15.2 Å². The first kappa shape index (κ1) is 21.7. The summed E-state index contributed by atoms with van der Waals surface area (Å²) in [6, 6.07) is 9.86. The highest BCUT2D eigenvalue weighted by Crippen LogP contribution is 2.25. The number of para-hydroxylation sites is 1. The maximum atomic E-state index is 12.5. The van der Waals surface area contributed by atoms with Crippen LogP contribution in [0.2, 0.25) is 5.02 Å². The third-order valence-electron chi connectivity index (χ3n) is 3.89. The Balaban J connectivity index is 1.85. The van der Waals surface area contributed by atoms with Crippen molar-refractivity contribution in [2.45, 2.75) is 17.9 Å². The van der Waals surface area contributed by atoms with Crippen LogP contribution in [0.1, 0.15) is 5.56 Å². The molecule has 0 radical (unpaired) electrons. The molecule has 0 fully saturated rings. The second kappa shape index (κ2) is 8.78. The van der Waals surface area contributed by atoms with Gasteiger partial charge in [-0.25, -0.2) is 18.2 Å². The smallest absolute Gasteiger partial charge is 0.387 e. The molecule has 0 saturated carbocycles. The van der Waals surface area contributed by atoms with Gasteiger partial charge in [0.2, 0.25) is 15.9 Å². The SMILES string of the molecule is NS(=O)(=O)c1cc(NC(=O)Cc2ccccc2OC(F)F)ccc1-n1cc(Cl)cn1. The number of ether oxygens (including phenoxy) is 1. The highest BCUT2D eigenvalue weighted by atomic mass is 35.5. The molecule has 0 saturated heterocycles. The summed E-state index contributed by atoms with van der Waals surface area (Å²) in [5.74, 6) is -0.700. The van der Waals surface area contributed by atoms with Crippen LogP contribution in [0.4, 0.5) is 14.5 Å². The van der Waals surface area contributed by atoms with Crippen LogP contribution in [0.15, 0.2) is 59.8 Å². The van der Waals surface area contributed by atoms with Crippen molar-refractivity contribution in [3.63, 3.8) is 0 Å². The van der Waals surface area contributed by atoms with Crippen LogP contribution >= 0.6 is 11.6 Å². The zero-order valence-corrected chi connectivity index (χ0v) is 16.7. The number of halogens is 3. The Morgan fingerprint density at radius 1 is 1.27 bits per heavy atom. The number of nitrogens with zero attached hydrogens (tertiary/aromatic N) is 2. The molecule has 3 rings (SSSR count). The third-order valence-corrected chi connectivity index (χ3v) is 5.02. The number of anilines is 1. The molecular weight excluding hydrogens is 442 g/mol. The summed E-state index contributed by atoms with van der Waals surface area (Å²) in [4.78, 5) is 12.1. The molecule has 2 aromatic carbocycles. The van der Waals surface area contributed by atoms with E-state index in [9.17, 15) is 22.0 Å². The monoisotopic (exact) mass is 456 g/mol. The van der Waals surface area contributed by atoms with Crippen LogP contribution in [0, 0.1) is 0 Å². The van der Waals surface area contributed by atoms with E-state index >= 15 is 0 Å². The van der Waals surface area contributed by atoms with Crippen molar-refractivity contribution in [1.82, 2.24) is 9.78 Å². The minimum atomic E-state index is -4.17. The van der Waals surface area contributed by atoms with Gasteiger partial charge in [-0.2, -0.15) is 13.9 Å². The molecule has 0 aliphatic carbocycles. The quantitative estimate of drug-likeness (QED) is 0.567. The van der Waals surface area contributed by atoms with Gasteiger partial charge in [-0.05, 0) is 24.3 Å². The molecule has 0 aliphatic rings. The number of rotatable bonds is 7. The van der Waals surface area contributed by atoms with Gasteiger partial charge in [0, 0.05) is 17.4 Å². The molecule has 12 heteroatoms. The molecule has 0 bridgehead atoms. The second-order valence-electron chi connectivity index (χ2n) is 6.04. The zero-order valence-electron chi connectivity index (χ0n) is 15.1. The molecule has 3 N–H and O–H groups in total. The fourth-order valence-electron chi connectivity index (χ4n) is 2.68. The Morgan fingerprint density at radius 3 is 2.63 bits per heavy atom. The molecular formula is C18H15ClF2N4O4S. The summed E-state index contributed by atoms with van der Waals surface area (Å²) in [6.07, 6.45) is 2.44. The van der Waals surface area contributed by atoms with E-state index in [1.165, 1.54) is 53.5 Å². The van der Waals surface area contributed by atoms with Gasteiger partial charge in [0.1, 0.15) is 10.6 Å². The molecule has 0 unspecified atom stereocenters. The average molecular weight is 457 g/mol. The van der Waals surface area contributed by atoms with Crippen LogP contribution in [0.5, 0.6) is 5.75 Å². The maximum absolute atomic E-state index is 12.5. The van der Waals surface area contributed by atoms with E-state index in [2.05, 4.69) is 15.2 Å². The first-order chi connectivity index (χ1) is 14.1. The number of nitrogens with two attached hydrogens (primary N) is 1.